The van der Waals surface area contributed by atoms with Gasteiger partial charge < -0.3 is 4.90 Å². The van der Waals surface area contributed by atoms with Gasteiger partial charge in [0.2, 0.25) is 0 Å². The van der Waals surface area contributed by atoms with Crippen LogP contribution in [0.3, 0.4) is 0 Å². The average Bonchev–Trinajstić information content (AvgIpc) is 2.00. The lowest BCUT2D eigenvalue weighted by molar-refractivity contribution is 0.0184. The van der Waals surface area contributed by atoms with Gasteiger partial charge in [-0.05, 0) is 45.6 Å². The summed E-state index contributed by atoms with van der Waals surface area (Å²) in [7, 11) is 2.29. The van der Waals surface area contributed by atoms with Gasteiger partial charge in [-0.25, -0.2) is 0 Å². The maximum absolute atomic E-state index is 2.58. The van der Waals surface area contributed by atoms with Crippen LogP contribution in [0, 0.1) is 5.92 Å². The van der Waals surface area contributed by atoms with E-state index in [1.54, 1.807) is 0 Å². The highest BCUT2D eigenvalue weighted by atomic mass is 15.2. The molecular weight excluding hydrogens is 122 g/mol. The summed E-state index contributed by atoms with van der Waals surface area (Å²) in [6.07, 6.45) is 5.92. The van der Waals surface area contributed by atoms with Crippen molar-refractivity contribution in [1.29, 1.82) is 0 Å². The summed E-state index contributed by atoms with van der Waals surface area (Å²) in [6.45, 7) is 2.38. The minimum Gasteiger partial charge on any atom is -0.300 e. The van der Waals surface area contributed by atoms with Crippen molar-refractivity contribution in [3.05, 3.63) is 0 Å². The molecule has 1 atom stereocenters. The second-order valence-corrected chi connectivity index (χ2v) is 3.97. The fraction of sp³-hybridized carbons (Fsp3) is 1.00. The van der Waals surface area contributed by atoms with Crippen molar-refractivity contribution in [2.45, 2.75) is 44.7 Å². The van der Waals surface area contributed by atoms with E-state index in [1.807, 2.05) is 0 Å². The normalized spacial score (nSPS) is 48.0. The van der Waals surface area contributed by atoms with E-state index in [-0.39, 0.29) is 0 Å². The summed E-state index contributed by atoms with van der Waals surface area (Å²) in [4.78, 5) is 2.58. The maximum Gasteiger partial charge on any atom is 0.00953 e. The van der Waals surface area contributed by atoms with Gasteiger partial charge in [0.1, 0.15) is 0 Å². The van der Waals surface area contributed by atoms with E-state index in [4.69, 9.17) is 0 Å². The molecule has 0 aromatic rings. The molecular formula is C9H17N. The molecule has 1 nitrogen and oxygen atoms in total. The molecule has 0 radical (unpaired) electrons. The first-order valence-electron chi connectivity index (χ1n) is 4.51. The van der Waals surface area contributed by atoms with E-state index in [0.29, 0.717) is 0 Å². The fourth-order valence-electron chi connectivity index (χ4n) is 2.66. The van der Waals surface area contributed by atoms with E-state index < -0.39 is 0 Å². The molecule has 3 rings (SSSR count). The fourth-order valence-corrected chi connectivity index (χ4v) is 2.66. The van der Waals surface area contributed by atoms with Crippen LogP contribution in [-0.2, 0) is 0 Å². The van der Waals surface area contributed by atoms with Crippen LogP contribution < -0.4 is 0 Å². The van der Waals surface area contributed by atoms with Crippen LogP contribution in [0.5, 0.6) is 0 Å². The second-order valence-electron chi connectivity index (χ2n) is 3.97. The van der Waals surface area contributed by atoms with Gasteiger partial charge in [-0.15, -0.1) is 0 Å². The van der Waals surface area contributed by atoms with Crippen molar-refractivity contribution < 1.29 is 0 Å². The molecule has 2 bridgehead atoms. The Labute approximate surface area is 63.4 Å². The summed E-state index contributed by atoms with van der Waals surface area (Å²) in [5.41, 5.74) is 0. The van der Waals surface area contributed by atoms with E-state index in [1.165, 1.54) is 25.7 Å². The Morgan fingerprint density at radius 1 is 1.10 bits per heavy atom. The van der Waals surface area contributed by atoms with Crippen molar-refractivity contribution in [1.82, 2.24) is 4.90 Å². The van der Waals surface area contributed by atoms with Gasteiger partial charge in [0.05, 0.1) is 0 Å². The van der Waals surface area contributed by atoms with Crippen molar-refractivity contribution in [2.75, 3.05) is 7.05 Å². The monoisotopic (exact) mass is 139 g/mol. The first-order chi connectivity index (χ1) is 4.79. The van der Waals surface area contributed by atoms with E-state index in [0.717, 1.165) is 18.0 Å². The smallest absolute Gasteiger partial charge is 0.00953 e. The Balaban J connectivity index is 2.13. The molecule has 3 aliphatic rings. The lowest BCUT2D eigenvalue weighted by Gasteiger charge is -2.48. The van der Waals surface area contributed by atoms with E-state index >= 15 is 0 Å². The molecule has 1 unspecified atom stereocenters. The maximum atomic E-state index is 2.58. The molecule has 1 saturated carbocycles. The minimum atomic E-state index is 0.868. The molecule has 2 saturated heterocycles. The summed E-state index contributed by atoms with van der Waals surface area (Å²) >= 11 is 0. The van der Waals surface area contributed by atoms with Crippen molar-refractivity contribution in [3.8, 4) is 0 Å². The van der Waals surface area contributed by atoms with Gasteiger partial charge in [0.25, 0.3) is 0 Å². The number of nitrogens with zero attached hydrogens (tertiary/aromatic N) is 1. The molecule has 58 valence electrons. The number of rotatable bonds is 0. The molecule has 0 spiro atoms. The third-order valence-electron chi connectivity index (χ3n) is 3.64. The topological polar surface area (TPSA) is 3.24 Å². The predicted octanol–water partition coefficient (Wildman–Crippen LogP) is 1.88. The second kappa shape index (κ2) is 2.23. The Hall–Kier alpha value is -0.0400. The van der Waals surface area contributed by atoms with Gasteiger partial charge >= 0.3 is 0 Å². The quantitative estimate of drug-likeness (QED) is 0.495. The molecule has 1 aliphatic carbocycles. The van der Waals surface area contributed by atoms with E-state index in [9.17, 15) is 0 Å². The summed E-state index contributed by atoms with van der Waals surface area (Å²) in [5.74, 6) is 1.02. The molecule has 3 fully saturated rings. The molecule has 0 aromatic carbocycles. The highest BCUT2D eigenvalue weighted by Crippen LogP contribution is 2.37. The Morgan fingerprint density at radius 2 is 1.70 bits per heavy atom. The first-order valence-corrected chi connectivity index (χ1v) is 4.51. The van der Waals surface area contributed by atoms with E-state index in [2.05, 4.69) is 18.9 Å². The first kappa shape index (κ1) is 6.66. The van der Waals surface area contributed by atoms with Gasteiger partial charge in [-0.1, -0.05) is 0 Å². The number of fused-ring (bicyclic) bond motifs is 3. The van der Waals surface area contributed by atoms with Gasteiger partial charge in [-0.2, -0.15) is 0 Å². The van der Waals surface area contributed by atoms with Gasteiger partial charge in [0.15, 0.2) is 0 Å². The number of hydrogen-bond acceptors (Lipinski definition) is 1. The molecule has 0 amide bonds. The minimum absolute atomic E-state index is 0.868. The third kappa shape index (κ3) is 0.800. The summed E-state index contributed by atoms with van der Waals surface area (Å²) in [5, 5.41) is 0. The molecule has 0 N–H and O–H groups in total. The SMILES string of the molecule is CC1[C@H]2CC[C@H](CC2)N1C. The Kier molecular flexibility index (Phi) is 1.48. The average molecular weight is 139 g/mol. The highest BCUT2D eigenvalue weighted by molar-refractivity contribution is 4.91. The zero-order valence-electron chi connectivity index (χ0n) is 7.01. The number of hydrogen-bond donors (Lipinski definition) is 0. The van der Waals surface area contributed by atoms with Crippen LogP contribution in [-0.4, -0.2) is 24.0 Å². The summed E-state index contributed by atoms with van der Waals surface area (Å²) < 4.78 is 0. The largest absolute Gasteiger partial charge is 0.300 e. The molecule has 2 aliphatic heterocycles. The van der Waals surface area contributed by atoms with Crippen LogP contribution >= 0.6 is 0 Å². The Bertz CT molecular complexity index is 105. The van der Waals surface area contributed by atoms with Crippen LogP contribution in [0.15, 0.2) is 0 Å². The zero-order chi connectivity index (χ0) is 7.14. The third-order valence-corrected chi connectivity index (χ3v) is 3.64. The Morgan fingerprint density at radius 3 is 2.00 bits per heavy atom. The van der Waals surface area contributed by atoms with Crippen molar-refractivity contribution >= 4 is 0 Å². The molecule has 10 heavy (non-hydrogen) atoms. The van der Waals surface area contributed by atoms with Crippen LogP contribution in [0.4, 0.5) is 0 Å². The predicted molar refractivity (Wildman–Crippen MR) is 43.0 cm³/mol. The van der Waals surface area contributed by atoms with Crippen LogP contribution in [0.2, 0.25) is 0 Å². The standard InChI is InChI=1S/C9H17N/c1-7-8-3-5-9(6-4-8)10(7)2/h7-9H,3-6H2,1-2H3/t7?,8-,9+. The van der Waals surface area contributed by atoms with Gasteiger partial charge in [-0.3, -0.25) is 0 Å². The molecule has 1 heteroatoms. The highest BCUT2D eigenvalue weighted by Gasteiger charge is 2.36. The van der Waals surface area contributed by atoms with Crippen LogP contribution in [0.25, 0.3) is 0 Å². The summed E-state index contributed by atoms with van der Waals surface area (Å²) in [6, 6.07) is 1.80. The lowest BCUT2D eigenvalue weighted by Crippen LogP contribution is -2.51. The zero-order valence-corrected chi connectivity index (χ0v) is 7.01. The van der Waals surface area contributed by atoms with Crippen molar-refractivity contribution in [2.24, 2.45) is 5.92 Å². The number of piperidine rings is 2. The lowest BCUT2D eigenvalue weighted by atomic mass is 9.76. The molecule has 2 heterocycles. The van der Waals surface area contributed by atoms with Crippen molar-refractivity contribution in [3.63, 3.8) is 0 Å². The van der Waals surface area contributed by atoms with Gasteiger partial charge in [0, 0.05) is 12.1 Å². The molecule has 0 aromatic heterocycles. The van der Waals surface area contributed by atoms with Crippen LogP contribution in [0.1, 0.15) is 32.6 Å².